The van der Waals surface area contributed by atoms with Gasteiger partial charge in [-0.2, -0.15) is 13.2 Å². The molecule has 0 fully saturated rings. The second kappa shape index (κ2) is 6.44. The normalized spacial score (nSPS) is 12.3. The molecule has 0 spiro atoms. The average Bonchev–Trinajstić information content (AvgIpc) is 2.27. The largest absolute Gasteiger partial charge is 0.500 e. The molecule has 2 nitrogen and oxygen atoms in total. The van der Waals surface area contributed by atoms with Gasteiger partial charge in [-0.05, 0) is 37.9 Å². The highest BCUT2D eigenvalue weighted by molar-refractivity contribution is 5.49. The van der Waals surface area contributed by atoms with Crippen LogP contribution in [0.4, 0.5) is 13.2 Å². The lowest BCUT2D eigenvalue weighted by Crippen LogP contribution is -2.16. The molecule has 0 heterocycles. The van der Waals surface area contributed by atoms with Gasteiger partial charge in [0, 0.05) is 6.54 Å². The summed E-state index contributed by atoms with van der Waals surface area (Å²) in [6.07, 6.45) is -1.38. The smallest absolute Gasteiger partial charge is 0.416 e. The summed E-state index contributed by atoms with van der Waals surface area (Å²) in [7, 11) is 3.83. The number of alkyl halides is 3. The zero-order chi connectivity index (χ0) is 13.6. The maximum Gasteiger partial charge on any atom is 0.416 e. The molecule has 5 heteroatoms. The molecule has 0 saturated heterocycles. The van der Waals surface area contributed by atoms with E-state index in [1.54, 1.807) is 6.07 Å². The molecular weight excluding hydrogens is 243 g/mol. The quantitative estimate of drug-likeness (QED) is 0.594. The van der Waals surface area contributed by atoms with E-state index in [1.807, 2.05) is 19.0 Å². The minimum Gasteiger partial charge on any atom is -0.500 e. The van der Waals surface area contributed by atoms with Gasteiger partial charge in [-0.15, -0.1) is 0 Å². The lowest BCUT2D eigenvalue weighted by molar-refractivity contribution is -0.137. The predicted molar refractivity (Wildman–Crippen MR) is 65.0 cm³/mol. The molecule has 0 radical (unpaired) electrons. The number of hydrogen-bond acceptors (Lipinski definition) is 2. The van der Waals surface area contributed by atoms with E-state index in [9.17, 15) is 13.2 Å². The molecular formula is C13H16F3NO. The van der Waals surface area contributed by atoms with Crippen LogP contribution in [0.2, 0.25) is 0 Å². The third-order valence-electron chi connectivity index (χ3n) is 2.23. The molecule has 0 bridgehead atoms. The topological polar surface area (TPSA) is 12.5 Å². The fourth-order valence-electron chi connectivity index (χ4n) is 1.25. The van der Waals surface area contributed by atoms with E-state index in [0.29, 0.717) is 12.2 Å². The van der Waals surface area contributed by atoms with E-state index in [-0.39, 0.29) is 0 Å². The molecule has 0 amide bonds. The third-order valence-corrected chi connectivity index (χ3v) is 2.23. The van der Waals surface area contributed by atoms with Crippen LogP contribution in [0.3, 0.4) is 0 Å². The number of rotatable bonds is 5. The van der Waals surface area contributed by atoms with Gasteiger partial charge in [0.15, 0.2) is 0 Å². The molecule has 1 aromatic rings. The molecule has 0 atom stereocenters. The summed E-state index contributed by atoms with van der Waals surface area (Å²) in [4.78, 5) is 1.96. The first-order valence-corrected chi connectivity index (χ1v) is 5.50. The summed E-state index contributed by atoms with van der Waals surface area (Å²) in [5.41, 5.74) is -0.187. The Morgan fingerprint density at radius 3 is 2.61 bits per heavy atom. The van der Waals surface area contributed by atoms with Crippen molar-refractivity contribution in [3.63, 3.8) is 0 Å². The molecule has 0 aliphatic carbocycles. The molecule has 1 rings (SSSR count). The van der Waals surface area contributed by atoms with E-state index < -0.39 is 11.7 Å². The van der Waals surface area contributed by atoms with Crippen molar-refractivity contribution in [2.24, 2.45) is 0 Å². The molecule has 18 heavy (non-hydrogen) atoms. The van der Waals surface area contributed by atoms with Crippen molar-refractivity contribution in [3.8, 4) is 0 Å². The van der Waals surface area contributed by atoms with Crippen LogP contribution in [0.1, 0.15) is 11.1 Å². The van der Waals surface area contributed by atoms with Crippen molar-refractivity contribution in [2.75, 3.05) is 27.2 Å². The summed E-state index contributed by atoms with van der Waals surface area (Å²) >= 11 is 0. The Morgan fingerprint density at radius 2 is 2.00 bits per heavy atom. The van der Waals surface area contributed by atoms with Crippen LogP contribution in [0.25, 0.3) is 6.08 Å². The number of benzene rings is 1. The summed E-state index contributed by atoms with van der Waals surface area (Å²) in [5, 5.41) is 0. The van der Waals surface area contributed by atoms with Crippen LogP contribution in [-0.2, 0) is 10.9 Å². The molecule has 0 aliphatic heterocycles. The SMILES string of the molecule is CN(C)CCO/C=C/c1cccc(C(F)(F)F)c1. The molecule has 0 N–H and O–H groups in total. The Labute approximate surface area is 105 Å². The van der Waals surface area contributed by atoms with E-state index in [1.165, 1.54) is 18.4 Å². The molecule has 0 aromatic heterocycles. The lowest BCUT2D eigenvalue weighted by atomic mass is 10.1. The maximum absolute atomic E-state index is 12.4. The summed E-state index contributed by atoms with van der Waals surface area (Å²) < 4.78 is 42.5. The first-order valence-electron chi connectivity index (χ1n) is 5.50. The van der Waals surface area contributed by atoms with Crippen LogP contribution in [-0.4, -0.2) is 32.1 Å². The lowest BCUT2D eigenvalue weighted by Gasteiger charge is -2.08. The molecule has 0 unspecified atom stereocenters. The Bertz CT molecular complexity index is 399. The summed E-state index contributed by atoms with van der Waals surface area (Å²) in [5.74, 6) is 0. The number of nitrogens with zero attached hydrogens (tertiary/aromatic N) is 1. The number of hydrogen-bond donors (Lipinski definition) is 0. The fraction of sp³-hybridized carbons (Fsp3) is 0.385. The number of likely N-dealkylation sites (N-methyl/N-ethyl adjacent to an activating group) is 1. The molecule has 0 saturated carbocycles. The minimum atomic E-state index is -4.31. The summed E-state index contributed by atoms with van der Waals surface area (Å²) in [6.45, 7) is 1.26. The predicted octanol–water partition coefficient (Wildman–Crippen LogP) is 3.25. The molecule has 100 valence electrons. The van der Waals surface area contributed by atoms with Crippen molar-refractivity contribution >= 4 is 6.08 Å². The van der Waals surface area contributed by atoms with Gasteiger partial charge >= 0.3 is 6.18 Å². The molecule has 1 aromatic carbocycles. The van der Waals surface area contributed by atoms with Gasteiger partial charge in [-0.25, -0.2) is 0 Å². The highest BCUT2D eigenvalue weighted by Gasteiger charge is 2.30. The van der Waals surface area contributed by atoms with Gasteiger partial charge < -0.3 is 9.64 Å². The van der Waals surface area contributed by atoms with Crippen LogP contribution in [0.5, 0.6) is 0 Å². The summed E-state index contributed by atoms with van der Waals surface area (Å²) in [6, 6.07) is 5.11. The highest BCUT2D eigenvalue weighted by atomic mass is 19.4. The number of halogens is 3. The zero-order valence-corrected chi connectivity index (χ0v) is 10.4. The number of ether oxygens (including phenoxy) is 1. The first kappa shape index (κ1) is 14.6. The van der Waals surface area contributed by atoms with Crippen LogP contribution in [0.15, 0.2) is 30.5 Å². The molecule has 0 aliphatic rings. The van der Waals surface area contributed by atoms with Crippen molar-refractivity contribution in [1.29, 1.82) is 0 Å². The maximum atomic E-state index is 12.4. The van der Waals surface area contributed by atoms with Gasteiger partial charge in [-0.3, -0.25) is 0 Å². The fourth-order valence-corrected chi connectivity index (χ4v) is 1.25. The van der Waals surface area contributed by atoms with Crippen LogP contribution in [0, 0.1) is 0 Å². The monoisotopic (exact) mass is 259 g/mol. The first-order chi connectivity index (χ1) is 8.39. The van der Waals surface area contributed by atoms with Gasteiger partial charge in [0.2, 0.25) is 0 Å². The van der Waals surface area contributed by atoms with Crippen LogP contribution < -0.4 is 0 Å². The van der Waals surface area contributed by atoms with Gasteiger partial charge in [-0.1, -0.05) is 12.1 Å². The van der Waals surface area contributed by atoms with Crippen LogP contribution >= 0.6 is 0 Å². The van der Waals surface area contributed by atoms with Gasteiger partial charge in [0.25, 0.3) is 0 Å². The average molecular weight is 259 g/mol. The van der Waals surface area contributed by atoms with Crippen molar-refractivity contribution in [1.82, 2.24) is 4.90 Å². The third kappa shape index (κ3) is 5.23. The van der Waals surface area contributed by atoms with Crippen molar-refractivity contribution in [3.05, 3.63) is 41.7 Å². The van der Waals surface area contributed by atoms with Gasteiger partial charge in [0.1, 0.15) is 0 Å². The Kier molecular flexibility index (Phi) is 5.22. The second-order valence-electron chi connectivity index (χ2n) is 4.10. The van der Waals surface area contributed by atoms with Gasteiger partial charge in [0.05, 0.1) is 18.4 Å². The highest BCUT2D eigenvalue weighted by Crippen LogP contribution is 2.29. The van der Waals surface area contributed by atoms with E-state index in [2.05, 4.69) is 0 Å². The van der Waals surface area contributed by atoms with E-state index in [4.69, 9.17) is 4.74 Å². The standard InChI is InChI=1S/C13H16F3NO/c1-17(2)7-9-18-8-6-11-4-3-5-12(10-11)13(14,15)16/h3-6,8,10H,7,9H2,1-2H3/b8-6+. The second-order valence-corrected chi connectivity index (χ2v) is 4.10. The van der Waals surface area contributed by atoms with E-state index >= 15 is 0 Å². The Morgan fingerprint density at radius 1 is 1.28 bits per heavy atom. The zero-order valence-electron chi connectivity index (χ0n) is 10.4. The Hall–Kier alpha value is -1.49. The van der Waals surface area contributed by atoms with E-state index in [0.717, 1.165) is 18.7 Å². The Balaban J connectivity index is 2.55. The minimum absolute atomic E-state index is 0.467. The van der Waals surface area contributed by atoms with Crippen molar-refractivity contribution < 1.29 is 17.9 Å². The van der Waals surface area contributed by atoms with Crippen molar-refractivity contribution in [2.45, 2.75) is 6.18 Å².